The van der Waals surface area contributed by atoms with E-state index in [4.69, 9.17) is 5.11 Å². The lowest BCUT2D eigenvalue weighted by molar-refractivity contribution is -0.140. The highest BCUT2D eigenvalue weighted by molar-refractivity contribution is 5.85. The Morgan fingerprint density at radius 2 is 1.92 bits per heavy atom. The van der Waals surface area contributed by atoms with Crippen LogP contribution in [0.4, 0.5) is 0 Å². The molecule has 1 atom stereocenters. The van der Waals surface area contributed by atoms with Gasteiger partial charge in [-0.1, -0.05) is 20.8 Å². The van der Waals surface area contributed by atoms with E-state index in [9.17, 15) is 4.79 Å². The van der Waals surface area contributed by atoms with E-state index in [0.717, 1.165) is 0 Å². The number of nitrogens with one attached hydrogen (secondary N) is 1. The minimum absolute atomic E-state index is 0. The smallest absolute Gasteiger partial charge is 0.320 e. The number of aliphatic carboxylic acids is 1. The van der Waals surface area contributed by atoms with E-state index < -0.39 is 12.0 Å². The van der Waals surface area contributed by atoms with Crippen molar-refractivity contribution in [3.05, 3.63) is 0 Å². The average molecular weight is 196 g/mol. The molecule has 0 aromatic heterocycles. The second-order valence-electron chi connectivity index (χ2n) is 3.94. The quantitative estimate of drug-likeness (QED) is 0.718. The Bertz CT molecular complexity index is 142. The lowest BCUT2D eigenvalue weighted by Gasteiger charge is -2.22. The molecule has 0 aliphatic heterocycles. The fraction of sp³-hybridized carbons (Fsp3) is 0.875. The minimum Gasteiger partial charge on any atom is -0.480 e. The molecule has 0 spiro atoms. The number of carbonyl (C=O) groups is 1. The predicted octanol–water partition coefficient (Wildman–Crippen LogP) is 1.52. The van der Waals surface area contributed by atoms with Gasteiger partial charge in [-0.2, -0.15) is 0 Å². The number of hydrogen-bond donors (Lipinski definition) is 2. The van der Waals surface area contributed by atoms with Crippen molar-refractivity contribution in [2.75, 3.05) is 7.05 Å². The molecule has 0 rings (SSSR count). The van der Waals surface area contributed by atoms with Crippen LogP contribution in [0.1, 0.15) is 27.2 Å². The van der Waals surface area contributed by atoms with Crippen LogP contribution in [0, 0.1) is 5.41 Å². The molecule has 4 heteroatoms. The molecule has 0 heterocycles. The molecule has 3 nitrogen and oxygen atoms in total. The number of carboxylic acid groups (broad SMARTS) is 1. The molecule has 0 saturated carbocycles. The van der Waals surface area contributed by atoms with E-state index >= 15 is 0 Å². The van der Waals surface area contributed by atoms with Crippen LogP contribution in [-0.2, 0) is 4.79 Å². The van der Waals surface area contributed by atoms with Crippen molar-refractivity contribution in [1.82, 2.24) is 5.32 Å². The zero-order valence-corrected chi connectivity index (χ0v) is 8.86. The molecular formula is C8H18ClNO2. The molecule has 0 saturated heterocycles. The van der Waals surface area contributed by atoms with Gasteiger partial charge in [0.25, 0.3) is 0 Å². The SMILES string of the molecule is CN[C@@H](CC(C)(C)C)C(=O)O.Cl. The van der Waals surface area contributed by atoms with Crippen LogP contribution >= 0.6 is 12.4 Å². The summed E-state index contributed by atoms with van der Waals surface area (Å²) in [6.07, 6.45) is 0.652. The van der Waals surface area contributed by atoms with Crippen LogP contribution < -0.4 is 5.32 Å². The molecule has 0 aromatic rings. The summed E-state index contributed by atoms with van der Waals surface area (Å²) in [4.78, 5) is 10.5. The van der Waals surface area contributed by atoms with Crippen LogP contribution in [-0.4, -0.2) is 24.2 Å². The molecule has 0 bridgehead atoms. The Balaban J connectivity index is 0. The van der Waals surface area contributed by atoms with E-state index in [-0.39, 0.29) is 17.8 Å². The number of halogens is 1. The molecule has 0 fully saturated rings. The molecule has 12 heavy (non-hydrogen) atoms. The summed E-state index contributed by atoms with van der Waals surface area (Å²) in [6.45, 7) is 6.08. The first-order valence-electron chi connectivity index (χ1n) is 3.77. The van der Waals surface area contributed by atoms with Crippen LogP contribution in [0.3, 0.4) is 0 Å². The molecule has 2 N–H and O–H groups in total. The van der Waals surface area contributed by atoms with Crippen molar-refractivity contribution in [1.29, 1.82) is 0 Å². The van der Waals surface area contributed by atoms with E-state index in [1.54, 1.807) is 7.05 Å². The van der Waals surface area contributed by atoms with Gasteiger partial charge >= 0.3 is 5.97 Å². The Labute approximate surface area is 80.0 Å². The Morgan fingerprint density at radius 3 is 2.00 bits per heavy atom. The molecule has 0 unspecified atom stereocenters. The van der Waals surface area contributed by atoms with Crippen molar-refractivity contribution in [3.63, 3.8) is 0 Å². The first-order valence-corrected chi connectivity index (χ1v) is 3.77. The highest BCUT2D eigenvalue weighted by Gasteiger charge is 2.22. The summed E-state index contributed by atoms with van der Waals surface area (Å²) < 4.78 is 0. The van der Waals surface area contributed by atoms with E-state index in [0.29, 0.717) is 6.42 Å². The highest BCUT2D eigenvalue weighted by atomic mass is 35.5. The van der Waals surface area contributed by atoms with Gasteiger partial charge in [-0.05, 0) is 18.9 Å². The number of carboxylic acids is 1. The second-order valence-corrected chi connectivity index (χ2v) is 3.94. The van der Waals surface area contributed by atoms with Crippen molar-refractivity contribution >= 4 is 18.4 Å². The van der Waals surface area contributed by atoms with Gasteiger partial charge in [-0.15, -0.1) is 12.4 Å². The van der Waals surface area contributed by atoms with Crippen LogP contribution in [0.15, 0.2) is 0 Å². The van der Waals surface area contributed by atoms with Gasteiger partial charge in [0.15, 0.2) is 0 Å². The van der Waals surface area contributed by atoms with E-state index in [1.165, 1.54) is 0 Å². The van der Waals surface area contributed by atoms with Crippen molar-refractivity contribution < 1.29 is 9.90 Å². The third-order valence-corrected chi connectivity index (χ3v) is 1.46. The van der Waals surface area contributed by atoms with Crippen LogP contribution in [0.25, 0.3) is 0 Å². The normalized spacial score (nSPS) is 13.3. The summed E-state index contributed by atoms with van der Waals surface area (Å²) in [5.74, 6) is -0.776. The highest BCUT2D eigenvalue weighted by Crippen LogP contribution is 2.20. The first-order chi connectivity index (χ1) is 4.87. The summed E-state index contributed by atoms with van der Waals surface area (Å²) in [5.41, 5.74) is 0.0616. The van der Waals surface area contributed by atoms with Gasteiger partial charge in [-0.25, -0.2) is 0 Å². The van der Waals surface area contributed by atoms with Gasteiger partial charge < -0.3 is 10.4 Å². The van der Waals surface area contributed by atoms with Gasteiger partial charge in [0.2, 0.25) is 0 Å². The maximum atomic E-state index is 10.5. The maximum Gasteiger partial charge on any atom is 0.320 e. The Hall–Kier alpha value is -0.280. The summed E-state index contributed by atoms with van der Waals surface area (Å²) in [5, 5.41) is 11.4. The van der Waals surface area contributed by atoms with Crippen molar-refractivity contribution in [2.24, 2.45) is 5.41 Å². The van der Waals surface area contributed by atoms with Gasteiger partial charge in [0, 0.05) is 0 Å². The third kappa shape index (κ3) is 6.43. The fourth-order valence-electron chi connectivity index (χ4n) is 0.925. The predicted molar refractivity (Wildman–Crippen MR) is 51.8 cm³/mol. The van der Waals surface area contributed by atoms with Crippen LogP contribution in [0.2, 0.25) is 0 Å². The monoisotopic (exact) mass is 195 g/mol. The summed E-state index contributed by atoms with van der Waals surface area (Å²) >= 11 is 0. The molecule has 0 aliphatic rings. The Kier molecular flexibility index (Phi) is 6.39. The third-order valence-electron chi connectivity index (χ3n) is 1.46. The van der Waals surface area contributed by atoms with Gasteiger partial charge in [0.05, 0.1) is 0 Å². The molecule has 0 amide bonds. The van der Waals surface area contributed by atoms with Crippen molar-refractivity contribution in [2.45, 2.75) is 33.2 Å². The van der Waals surface area contributed by atoms with Gasteiger partial charge in [-0.3, -0.25) is 4.79 Å². The maximum absolute atomic E-state index is 10.5. The van der Waals surface area contributed by atoms with E-state index in [2.05, 4.69) is 5.32 Å². The zero-order valence-electron chi connectivity index (χ0n) is 8.05. The van der Waals surface area contributed by atoms with Crippen LogP contribution in [0.5, 0.6) is 0 Å². The topological polar surface area (TPSA) is 49.3 Å². The Morgan fingerprint density at radius 1 is 1.50 bits per heavy atom. The first kappa shape index (κ1) is 14.3. The largest absolute Gasteiger partial charge is 0.480 e. The average Bonchev–Trinajstić information content (AvgIpc) is 1.80. The lowest BCUT2D eigenvalue weighted by atomic mass is 9.88. The standard InChI is InChI=1S/C8H17NO2.ClH/c1-8(2,3)5-6(9-4)7(10)11;/h6,9H,5H2,1-4H3,(H,10,11);1H/t6-;/m0./s1. The second kappa shape index (κ2) is 5.38. The van der Waals surface area contributed by atoms with Gasteiger partial charge in [0.1, 0.15) is 6.04 Å². The van der Waals surface area contributed by atoms with E-state index in [1.807, 2.05) is 20.8 Å². The fourth-order valence-corrected chi connectivity index (χ4v) is 0.925. The molecule has 0 radical (unpaired) electrons. The number of likely N-dealkylation sites (N-methyl/N-ethyl adjacent to an activating group) is 1. The number of rotatable bonds is 3. The lowest BCUT2D eigenvalue weighted by Crippen LogP contribution is -2.37. The zero-order chi connectivity index (χ0) is 9.07. The summed E-state index contributed by atoms with van der Waals surface area (Å²) in [7, 11) is 1.67. The molecule has 74 valence electrons. The summed E-state index contributed by atoms with van der Waals surface area (Å²) in [6, 6.07) is -0.421. The number of hydrogen-bond acceptors (Lipinski definition) is 2. The molecule has 0 aliphatic carbocycles. The molecular weight excluding hydrogens is 178 g/mol. The molecule has 0 aromatic carbocycles. The minimum atomic E-state index is -0.776. The van der Waals surface area contributed by atoms with Crippen molar-refractivity contribution in [3.8, 4) is 0 Å².